The molecule has 0 spiro atoms. The zero-order chi connectivity index (χ0) is 12.3. The number of hydrogen-bond acceptors (Lipinski definition) is 6. The van der Waals surface area contributed by atoms with Crippen LogP contribution in [0.15, 0.2) is 0 Å². The largest absolute Gasteiger partial charge is 0.389 e. The van der Waals surface area contributed by atoms with Crippen molar-refractivity contribution in [2.75, 3.05) is 46.7 Å². The Labute approximate surface area is 102 Å². The molecule has 0 aliphatic carbocycles. The second kappa shape index (κ2) is 9.76. The first-order valence-corrected chi connectivity index (χ1v) is 6.04. The summed E-state index contributed by atoms with van der Waals surface area (Å²) in [6.45, 7) is 3.00. The molecule has 6 nitrogen and oxygen atoms in total. The SMILES string of the molecule is COCCONCC(O)COCC1CCCO1. The maximum atomic E-state index is 9.54. The molecule has 1 heterocycles. The molecule has 1 fully saturated rings. The molecule has 2 N–H and O–H groups in total. The van der Waals surface area contributed by atoms with Gasteiger partial charge in [0.1, 0.15) is 0 Å². The number of nitrogens with one attached hydrogen (secondary N) is 1. The molecule has 0 radical (unpaired) electrons. The van der Waals surface area contributed by atoms with Crippen molar-refractivity contribution < 1.29 is 24.2 Å². The molecule has 1 rings (SSSR count). The van der Waals surface area contributed by atoms with E-state index >= 15 is 0 Å². The summed E-state index contributed by atoms with van der Waals surface area (Å²) < 4.78 is 15.6. The summed E-state index contributed by atoms with van der Waals surface area (Å²) in [4.78, 5) is 5.01. The first kappa shape index (κ1) is 14.8. The van der Waals surface area contributed by atoms with Crippen LogP contribution in [-0.4, -0.2) is 64.0 Å². The van der Waals surface area contributed by atoms with Crippen LogP contribution in [0, 0.1) is 0 Å². The minimum absolute atomic E-state index is 0.202. The second-order valence-corrected chi connectivity index (χ2v) is 4.02. The van der Waals surface area contributed by atoms with Crippen molar-refractivity contribution in [2.45, 2.75) is 25.0 Å². The minimum Gasteiger partial charge on any atom is -0.389 e. The van der Waals surface area contributed by atoms with Gasteiger partial charge in [-0.3, -0.25) is 4.84 Å². The van der Waals surface area contributed by atoms with Gasteiger partial charge in [-0.15, -0.1) is 0 Å². The number of aliphatic hydroxyl groups is 1. The number of hydroxylamine groups is 1. The molecule has 0 amide bonds. The Morgan fingerprint density at radius 1 is 1.47 bits per heavy atom. The van der Waals surface area contributed by atoms with Gasteiger partial charge in [-0.05, 0) is 12.8 Å². The van der Waals surface area contributed by atoms with Crippen LogP contribution in [0.25, 0.3) is 0 Å². The third kappa shape index (κ3) is 7.64. The Morgan fingerprint density at radius 2 is 2.35 bits per heavy atom. The summed E-state index contributed by atoms with van der Waals surface area (Å²) in [7, 11) is 1.61. The van der Waals surface area contributed by atoms with Crippen molar-refractivity contribution in [3.63, 3.8) is 0 Å². The van der Waals surface area contributed by atoms with Gasteiger partial charge in [0.25, 0.3) is 0 Å². The zero-order valence-corrected chi connectivity index (χ0v) is 10.4. The lowest BCUT2D eigenvalue weighted by Crippen LogP contribution is -2.32. The normalized spacial score (nSPS) is 21.9. The van der Waals surface area contributed by atoms with E-state index in [1.807, 2.05) is 0 Å². The topological polar surface area (TPSA) is 69.2 Å². The molecule has 6 heteroatoms. The van der Waals surface area contributed by atoms with Gasteiger partial charge < -0.3 is 19.3 Å². The maximum Gasteiger partial charge on any atom is 0.0920 e. The average molecular weight is 249 g/mol. The fraction of sp³-hybridized carbons (Fsp3) is 1.00. The highest BCUT2D eigenvalue weighted by atomic mass is 16.7. The van der Waals surface area contributed by atoms with Crippen LogP contribution in [0.1, 0.15) is 12.8 Å². The van der Waals surface area contributed by atoms with E-state index in [0.29, 0.717) is 33.0 Å². The number of hydrogen-bond donors (Lipinski definition) is 2. The summed E-state index contributed by atoms with van der Waals surface area (Å²) in [6, 6.07) is 0. The number of ether oxygens (including phenoxy) is 3. The number of aliphatic hydroxyl groups excluding tert-OH is 1. The predicted molar refractivity (Wildman–Crippen MR) is 61.6 cm³/mol. The third-order valence-electron chi connectivity index (χ3n) is 2.45. The molecular weight excluding hydrogens is 226 g/mol. The molecule has 2 unspecified atom stereocenters. The first-order valence-electron chi connectivity index (χ1n) is 6.04. The molecule has 0 bridgehead atoms. The van der Waals surface area contributed by atoms with E-state index in [1.165, 1.54) is 0 Å². The van der Waals surface area contributed by atoms with Gasteiger partial charge in [0.2, 0.25) is 0 Å². The van der Waals surface area contributed by atoms with Gasteiger partial charge in [-0.25, -0.2) is 0 Å². The zero-order valence-electron chi connectivity index (χ0n) is 10.4. The van der Waals surface area contributed by atoms with E-state index in [4.69, 9.17) is 19.0 Å². The van der Waals surface area contributed by atoms with Gasteiger partial charge in [0.05, 0.1) is 38.6 Å². The van der Waals surface area contributed by atoms with Crippen LogP contribution < -0.4 is 5.48 Å². The number of rotatable bonds is 10. The van der Waals surface area contributed by atoms with Gasteiger partial charge in [-0.1, -0.05) is 0 Å². The highest BCUT2D eigenvalue weighted by Crippen LogP contribution is 2.11. The minimum atomic E-state index is -0.570. The highest BCUT2D eigenvalue weighted by Gasteiger charge is 2.15. The van der Waals surface area contributed by atoms with E-state index in [9.17, 15) is 5.11 Å². The Kier molecular flexibility index (Phi) is 8.50. The average Bonchev–Trinajstić information content (AvgIpc) is 2.82. The molecule has 102 valence electrons. The molecule has 17 heavy (non-hydrogen) atoms. The lowest BCUT2D eigenvalue weighted by molar-refractivity contribution is -0.0433. The van der Waals surface area contributed by atoms with Crippen LogP contribution in [0.2, 0.25) is 0 Å². The fourth-order valence-electron chi connectivity index (χ4n) is 1.52. The molecular formula is C11H23NO5. The molecule has 2 atom stereocenters. The van der Waals surface area contributed by atoms with Crippen LogP contribution in [0.3, 0.4) is 0 Å². The van der Waals surface area contributed by atoms with Crippen LogP contribution in [0.4, 0.5) is 0 Å². The van der Waals surface area contributed by atoms with Crippen LogP contribution in [-0.2, 0) is 19.0 Å². The predicted octanol–water partition coefficient (Wildman–Crippen LogP) is -0.289. The van der Waals surface area contributed by atoms with E-state index in [1.54, 1.807) is 7.11 Å². The van der Waals surface area contributed by atoms with Crippen molar-refractivity contribution in [1.82, 2.24) is 5.48 Å². The summed E-state index contributed by atoms with van der Waals surface area (Å²) in [5.41, 5.74) is 2.66. The molecule has 1 aliphatic rings. The van der Waals surface area contributed by atoms with Crippen molar-refractivity contribution in [3.8, 4) is 0 Å². The molecule has 0 aromatic heterocycles. The van der Waals surface area contributed by atoms with Crippen molar-refractivity contribution in [1.29, 1.82) is 0 Å². The summed E-state index contributed by atoms with van der Waals surface area (Å²) in [6.07, 6.45) is 1.78. The van der Waals surface area contributed by atoms with Gasteiger partial charge in [-0.2, -0.15) is 5.48 Å². The van der Waals surface area contributed by atoms with Crippen molar-refractivity contribution in [3.05, 3.63) is 0 Å². The maximum absolute atomic E-state index is 9.54. The molecule has 0 aromatic carbocycles. The quantitative estimate of drug-likeness (QED) is 0.409. The summed E-state index contributed by atoms with van der Waals surface area (Å²) >= 11 is 0. The van der Waals surface area contributed by atoms with Crippen LogP contribution >= 0.6 is 0 Å². The third-order valence-corrected chi connectivity index (χ3v) is 2.45. The van der Waals surface area contributed by atoms with E-state index in [-0.39, 0.29) is 6.10 Å². The molecule has 1 saturated heterocycles. The van der Waals surface area contributed by atoms with Crippen LogP contribution in [0.5, 0.6) is 0 Å². The fourth-order valence-corrected chi connectivity index (χ4v) is 1.52. The van der Waals surface area contributed by atoms with Crippen molar-refractivity contribution >= 4 is 0 Å². The van der Waals surface area contributed by atoms with E-state index < -0.39 is 6.10 Å². The Bertz CT molecular complexity index is 175. The molecule has 0 aromatic rings. The monoisotopic (exact) mass is 249 g/mol. The van der Waals surface area contributed by atoms with Crippen molar-refractivity contribution in [2.24, 2.45) is 0 Å². The first-order chi connectivity index (χ1) is 8.33. The highest BCUT2D eigenvalue weighted by molar-refractivity contribution is 4.64. The second-order valence-electron chi connectivity index (χ2n) is 4.02. The Morgan fingerprint density at radius 3 is 3.06 bits per heavy atom. The number of methoxy groups -OCH3 is 1. The van der Waals surface area contributed by atoms with E-state index in [0.717, 1.165) is 19.4 Å². The lowest BCUT2D eigenvalue weighted by Gasteiger charge is -2.14. The van der Waals surface area contributed by atoms with Gasteiger partial charge in [0.15, 0.2) is 0 Å². The molecule has 0 saturated carbocycles. The Hall–Kier alpha value is -0.240. The molecule has 1 aliphatic heterocycles. The van der Waals surface area contributed by atoms with Gasteiger partial charge in [0, 0.05) is 20.3 Å². The summed E-state index contributed by atoms with van der Waals surface area (Å²) in [5.74, 6) is 0. The smallest absolute Gasteiger partial charge is 0.0920 e. The van der Waals surface area contributed by atoms with Gasteiger partial charge >= 0.3 is 0 Å². The van der Waals surface area contributed by atoms with E-state index in [2.05, 4.69) is 5.48 Å². The lowest BCUT2D eigenvalue weighted by atomic mass is 10.2. The summed E-state index contributed by atoms with van der Waals surface area (Å²) in [5, 5.41) is 9.54. The Balaban J connectivity index is 1.84. The standard InChI is InChI=1S/C11H23NO5/c1-14-5-6-17-12-7-10(13)8-15-9-11-3-2-4-16-11/h10-13H,2-9H2,1H3.